The van der Waals surface area contributed by atoms with E-state index < -0.39 is 0 Å². The van der Waals surface area contributed by atoms with Gasteiger partial charge in [-0.25, -0.2) is 0 Å². The Bertz CT molecular complexity index is 377. The van der Waals surface area contributed by atoms with Gasteiger partial charge < -0.3 is 4.74 Å². The van der Waals surface area contributed by atoms with Crippen molar-refractivity contribution in [2.75, 3.05) is 0 Å². The molecule has 0 N–H and O–H groups in total. The predicted molar refractivity (Wildman–Crippen MR) is 98.4 cm³/mol. The van der Waals surface area contributed by atoms with Crippen LogP contribution in [-0.4, -0.2) is 11.6 Å². The Balaban J connectivity index is 2.84. The van der Waals surface area contributed by atoms with E-state index in [0.29, 0.717) is 11.3 Å². The summed E-state index contributed by atoms with van der Waals surface area (Å²) in [6.45, 7) is 17.5. The summed E-state index contributed by atoms with van der Waals surface area (Å²) >= 11 is 0. The second-order valence-corrected chi connectivity index (χ2v) is 9.31. The molecule has 1 rings (SSSR count). The van der Waals surface area contributed by atoms with Crippen LogP contribution < -0.4 is 0 Å². The van der Waals surface area contributed by atoms with Crippen molar-refractivity contribution in [1.29, 1.82) is 0 Å². The Kier molecular flexibility index (Phi) is 6.75. The molecule has 0 aliphatic heterocycles. The molecule has 2 nitrogen and oxygen atoms in total. The predicted octanol–water partition coefficient (Wildman–Crippen LogP) is 6.38. The maximum Gasteiger partial charge on any atom is 0.312 e. The highest BCUT2D eigenvalue weighted by Gasteiger charge is 2.44. The van der Waals surface area contributed by atoms with Crippen molar-refractivity contribution in [3.63, 3.8) is 0 Å². The molecule has 0 unspecified atom stereocenters. The van der Waals surface area contributed by atoms with E-state index in [1.807, 2.05) is 13.8 Å². The van der Waals surface area contributed by atoms with E-state index in [4.69, 9.17) is 4.74 Å². The third-order valence-corrected chi connectivity index (χ3v) is 6.63. The lowest BCUT2D eigenvalue weighted by atomic mass is 9.65. The third-order valence-electron chi connectivity index (χ3n) is 6.63. The molecule has 1 saturated carbocycles. The van der Waals surface area contributed by atoms with Crippen molar-refractivity contribution >= 4 is 5.97 Å². The average Bonchev–Trinajstić information content (AvgIpc) is 2.51. The molecule has 136 valence electrons. The monoisotopic (exact) mass is 324 g/mol. The van der Waals surface area contributed by atoms with Gasteiger partial charge in [0.2, 0.25) is 0 Å². The summed E-state index contributed by atoms with van der Waals surface area (Å²) in [6.07, 6.45) is 7.62. The summed E-state index contributed by atoms with van der Waals surface area (Å²) in [5.74, 6) is 1.31. The lowest BCUT2D eigenvalue weighted by Crippen LogP contribution is -2.46. The van der Waals surface area contributed by atoms with Crippen molar-refractivity contribution < 1.29 is 9.53 Å². The molecule has 2 heteroatoms. The van der Waals surface area contributed by atoms with Gasteiger partial charge in [-0.05, 0) is 76.0 Å². The molecule has 1 aliphatic rings. The lowest BCUT2D eigenvalue weighted by molar-refractivity contribution is -0.181. The average molecular weight is 325 g/mol. The standard InChI is InChI=1S/C21H40O2/c1-9-20(7,8)18(22)23-21(10-2,11-3)17-14-12-16(13-15-17)19(4,5)6/h16-17H,9-15H2,1-8H3. The van der Waals surface area contributed by atoms with Gasteiger partial charge >= 0.3 is 5.97 Å². The summed E-state index contributed by atoms with van der Waals surface area (Å²) < 4.78 is 6.21. The molecule has 0 atom stereocenters. The summed E-state index contributed by atoms with van der Waals surface area (Å²) in [7, 11) is 0. The summed E-state index contributed by atoms with van der Waals surface area (Å²) in [5.41, 5.74) is -0.239. The molecular weight excluding hydrogens is 284 g/mol. The minimum absolute atomic E-state index is 0.0124. The molecule has 0 aromatic heterocycles. The zero-order valence-corrected chi connectivity index (χ0v) is 16.9. The molecule has 0 radical (unpaired) electrons. The molecule has 0 aromatic rings. The molecule has 1 aliphatic carbocycles. The van der Waals surface area contributed by atoms with Crippen LogP contribution in [0.25, 0.3) is 0 Å². The Morgan fingerprint density at radius 1 is 0.826 bits per heavy atom. The number of esters is 1. The second kappa shape index (κ2) is 7.57. The van der Waals surface area contributed by atoms with E-state index in [1.165, 1.54) is 25.7 Å². The zero-order valence-electron chi connectivity index (χ0n) is 16.9. The maximum atomic E-state index is 12.7. The fourth-order valence-electron chi connectivity index (χ4n) is 4.01. The van der Waals surface area contributed by atoms with E-state index in [0.717, 1.165) is 25.2 Å². The summed E-state index contributed by atoms with van der Waals surface area (Å²) in [4.78, 5) is 12.7. The molecule has 23 heavy (non-hydrogen) atoms. The van der Waals surface area contributed by atoms with Gasteiger partial charge in [-0.15, -0.1) is 0 Å². The first-order chi connectivity index (χ1) is 10.5. The van der Waals surface area contributed by atoms with Crippen LogP contribution in [0.5, 0.6) is 0 Å². The first-order valence-corrected chi connectivity index (χ1v) is 9.75. The van der Waals surface area contributed by atoms with Crippen molar-refractivity contribution in [2.45, 2.75) is 106 Å². The fraction of sp³-hybridized carbons (Fsp3) is 0.952. The third kappa shape index (κ3) is 4.73. The van der Waals surface area contributed by atoms with Crippen LogP contribution >= 0.6 is 0 Å². The van der Waals surface area contributed by atoms with Crippen molar-refractivity contribution in [3.05, 3.63) is 0 Å². The number of carbonyl (C=O) groups excluding carboxylic acids is 1. The Morgan fingerprint density at radius 3 is 1.61 bits per heavy atom. The van der Waals surface area contributed by atoms with Crippen LogP contribution in [0.2, 0.25) is 0 Å². The van der Waals surface area contributed by atoms with E-state index in [9.17, 15) is 4.79 Å². The first-order valence-electron chi connectivity index (χ1n) is 9.75. The SMILES string of the molecule is CCC(C)(C)C(=O)OC(CC)(CC)C1CCC(C(C)(C)C)CC1. The Morgan fingerprint density at radius 2 is 1.26 bits per heavy atom. The molecular formula is C21H40O2. The molecule has 0 aromatic carbocycles. The van der Waals surface area contributed by atoms with Gasteiger partial charge in [0.25, 0.3) is 0 Å². The van der Waals surface area contributed by atoms with Crippen LogP contribution in [0, 0.1) is 22.7 Å². The Labute approximate surface area is 144 Å². The normalized spacial score (nSPS) is 23.7. The minimum Gasteiger partial charge on any atom is -0.458 e. The van der Waals surface area contributed by atoms with Crippen molar-refractivity contribution in [2.24, 2.45) is 22.7 Å². The van der Waals surface area contributed by atoms with Gasteiger partial charge in [-0.3, -0.25) is 4.79 Å². The van der Waals surface area contributed by atoms with E-state index >= 15 is 0 Å². The van der Waals surface area contributed by atoms with Gasteiger partial charge in [0, 0.05) is 0 Å². The molecule has 0 bridgehead atoms. The topological polar surface area (TPSA) is 26.3 Å². The van der Waals surface area contributed by atoms with E-state index in [-0.39, 0.29) is 17.0 Å². The van der Waals surface area contributed by atoms with E-state index in [2.05, 4.69) is 41.5 Å². The molecule has 0 spiro atoms. The highest BCUT2D eigenvalue weighted by Crippen LogP contribution is 2.46. The van der Waals surface area contributed by atoms with Gasteiger partial charge in [0.1, 0.15) is 5.60 Å². The maximum absolute atomic E-state index is 12.7. The van der Waals surface area contributed by atoms with Crippen LogP contribution in [-0.2, 0) is 9.53 Å². The highest BCUT2D eigenvalue weighted by atomic mass is 16.6. The smallest absolute Gasteiger partial charge is 0.312 e. The van der Waals surface area contributed by atoms with Gasteiger partial charge in [-0.2, -0.15) is 0 Å². The van der Waals surface area contributed by atoms with Crippen molar-refractivity contribution in [3.8, 4) is 0 Å². The quantitative estimate of drug-likeness (QED) is 0.530. The van der Waals surface area contributed by atoms with Gasteiger partial charge in [0.15, 0.2) is 0 Å². The summed E-state index contributed by atoms with van der Waals surface area (Å²) in [6, 6.07) is 0. The molecule has 0 heterocycles. The van der Waals surface area contributed by atoms with Crippen LogP contribution in [0.1, 0.15) is 100 Å². The van der Waals surface area contributed by atoms with Gasteiger partial charge in [0.05, 0.1) is 5.41 Å². The first kappa shape index (κ1) is 20.5. The number of hydrogen-bond donors (Lipinski definition) is 0. The number of carbonyl (C=O) groups is 1. The van der Waals surface area contributed by atoms with Gasteiger partial charge in [-0.1, -0.05) is 41.5 Å². The molecule has 0 amide bonds. The van der Waals surface area contributed by atoms with Crippen LogP contribution in [0.3, 0.4) is 0 Å². The molecule has 0 saturated heterocycles. The molecule has 1 fully saturated rings. The number of hydrogen-bond acceptors (Lipinski definition) is 2. The second-order valence-electron chi connectivity index (χ2n) is 9.31. The zero-order chi connectivity index (χ0) is 17.9. The van der Waals surface area contributed by atoms with Crippen molar-refractivity contribution in [1.82, 2.24) is 0 Å². The van der Waals surface area contributed by atoms with E-state index in [1.54, 1.807) is 0 Å². The largest absolute Gasteiger partial charge is 0.458 e. The summed E-state index contributed by atoms with van der Waals surface area (Å²) in [5, 5.41) is 0. The minimum atomic E-state index is -0.377. The number of ether oxygens (including phenoxy) is 1. The van der Waals surface area contributed by atoms with Crippen LogP contribution in [0.4, 0.5) is 0 Å². The Hall–Kier alpha value is -0.530. The van der Waals surface area contributed by atoms with Crippen LogP contribution in [0.15, 0.2) is 0 Å². The highest BCUT2D eigenvalue weighted by molar-refractivity contribution is 5.76. The number of rotatable bonds is 6. The lowest BCUT2D eigenvalue weighted by Gasteiger charge is -2.46. The fourth-order valence-corrected chi connectivity index (χ4v) is 4.01.